The molecule has 3 aromatic carbocycles. The van der Waals surface area contributed by atoms with Gasteiger partial charge in [-0.3, -0.25) is 0 Å². The van der Waals surface area contributed by atoms with Gasteiger partial charge in [0.2, 0.25) is 0 Å². The lowest BCUT2D eigenvalue weighted by Gasteiger charge is -2.14. The van der Waals surface area contributed by atoms with Gasteiger partial charge < -0.3 is 0 Å². The van der Waals surface area contributed by atoms with Crippen molar-refractivity contribution in [2.75, 3.05) is 0 Å². The number of fused-ring (bicyclic) bond motifs is 2. The number of hydrogen-bond donors (Lipinski definition) is 0. The van der Waals surface area contributed by atoms with Gasteiger partial charge in [-0.25, -0.2) is 0 Å². The molecule has 0 aliphatic carbocycles. The molecule has 0 bridgehead atoms. The van der Waals surface area contributed by atoms with Crippen molar-refractivity contribution in [2.45, 2.75) is 46.0 Å². The Labute approximate surface area is 169 Å². The van der Waals surface area contributed by atoms with Crippen LogP contribution in [0.15, 0.2) is 36.4 Å². The summed E-state index contributed by atoms with van der Waals surface area (Å²) in [5.74, 6) is 0.682. The van der Waals surface area contributed by atoms with Crippen LogP contribution >= 0.6 is 36.2 Å². The van der Waals surface area contributed by atoms with Gasteiger partial charge in [-0.2, -0.15) is 13.5 Å². The quantitative estimate of drug-likeness (QED) is 0.267. The topological polar surface area (TPSA) is 0 Å². The van der Waals surface area contributed by atoms with Crippen LogP contribution in [0, 0.1) is 6.92 Å². The first-order valence-electron chi connectivity index (χ1n) is 9.32. The molecule has 0 fully saturated rings. The maximum atomic E-state index is 2.36. The highest BCUT2D eigenvalue weighted by Gasteiger charge is 2.23. The van der Waals surface area contributed by atoms with E-state index in [1.54, 1.807) is 10.3 Å². The summed E-state index contributed by atoms with van der Waals surface area (Å²) in [4.78, 5) is 3.07. The van der Waals surface area contributed by atoms with Crippen molar-refractivity contribution >= 4 is 77.9 Å². The normalized spacial score (nSPS) is 13.2. The second-order valence-electron chi connectivity index (χ2n) is 7.13. The third kappa shape index (κ3) is 2.33. The Morgan fingerprint density at radius 3 is 2.08 bits per heavy atom. The molecule has 0 nitrogen and oxygen atoms in total. The predicted molar refractivity (Wildman–Crippen MR) is 126 cm³/mol. The SMILES string of the molecule is CCCC(CC)c1sc2cccc3c4c(C)sc5cccc(c1c23)c54.S. The molecule has 0 spiro atoms. The van der Waals surface area contributed by atoms with Crippen LogP contribution in [0.3, 0.4) is 0 Å². The van der Waals surface area contributed by atoms with Crippen molar-refractivity contribution in [3.05, 3.63) is 46.2 Å². The molecule has 0 saturated carbocycles. The first-order valence-corrected chi connectivity index (χ1v) is 11.0. The van der Waals surface area contributed by atoms with E-state index in [4.69, 9.17) is 0 Å². The molecule has 1 atom stereocenters. The van der Waals surface area contributed by atoms with E-state index >= 15 is 0 Å². The predicted octanol–water partition coefficient (Wildman–Crippen LogP) is 8.58. The Bertz CT molecular complexity index is 1210. The number of aryl methyl sites for hydroxylation is 1. The second-order valence-corrected chi connectivity index (χ2v) is 9.47. The van der Waals surface area contributed by atoms with E-state index < -0.39 is 0 Å². The van der Waals surface area contributed by atoms with Crippen LogP contribution in [0.25, 0.3) is 41.7 Å². The summed E-state index contributed by atoms with van der Waals surface area (Å²) in [5.41, 5.74) is 0. The van der Waals surface area contributed by atoms with Crippen LogP contribution in [0.2, 0.25) is 0 Å². The van der Waals surface area contributed by atoms with Crippen molar-refractivity contribution in [1.82, 2.24) is 0 Å². The lowest BCUT2D eigenvalue weighted by molar-refractivity contribution is 0.608. The molecule has 26 heavy (non-hydrogen) atoms. The molecule has 0 aliphatic rings. The fraction of sp³-hybridized carbons (Fsp3) is 0.304. The molecule has 0 N–H and O–H groups in total. The molecule has 3 heteroatoms. The standard InChI is InChI=1S/C23H22S2.H2S/c1-4-8-14(5-2)23-22-16-10-7-11-17-20(16)19(13(3)24-17)15-9-6-12-18(25-23)21(15)22;/h6-7,9-12,14H,4-5,8H2,1-3H3;1H2. The van der Waals surface area contributed by atoms with Crippen molar-refractivity contribution < 1.29 is 0 Å². The minimum absolute atomic E-state index is 0. The van der Waals surface area contributed by atoms with Gasteiger partial charge in [0, 0.05) is 40.7 Å². The second kappa shape index (κ2) is 6.70. The lowest BCUT2D eigenvalue weighted by Crippen LogP contribution is -1.94. The molecule has 0 saturated heterocycles. The first kappa shape index (κ1) is 18.1. The summed E-state index contributed by atoms with van der Waals surface area (Å²) < 4.78 is 2.90. The van der Waals surface area contributed by atoms with Crippen LogP contribution in [0.1, 0.15) is 48.8 Å². The van der Waals surface area contributed by atoms with Crippen LogP contribution in [0.4, 0.5) is 0 Å². The minimum atomic E-state index is 0. The lowest BCUT2D eigenvalue weighted by atomic mass is 9.90. The van der Waals surface area contributed by atoms with Crippen molar-refractivity contribution in [2.24, 2.45) is 0 Å². The molecule has 0 aliphatic heterocycles. The van der Waals surface area contributed by atoms with Crippen LogP contribution < -0.4 is 0 Å². The van der Waals surface area contributed by atoms with Crippen LogP contribution in [0.5, 0.6) is 0 Å². The molecular weight excluding hydrogens is 372 g/mol. The maximum absolute atomic E-state index is 2.36. The monoisotopic (exact) mass is 396 g/mol. The van der Waals surface area contributed by atoms with Gasteiger partial charge in [0.15, 0.2) is 0 Å². The summed E-state index contributed by atoms with van der Waals surface area (Å²) in [6.07, 6.45) is 3.78. The zero-order chi connectivity index (χ0) is 17.1. The fourth-order valence-corrected chi connectivity index (χ4v) is 7.17. The van der Waals surface area contributed by atoms with Gasteiger partial charge in [0.05, 0.1) is 0 Å². The highest BCUT2D eigenvalue weighted by atomic mass is 32.1. The third-order valence-electron chi connectivity index (χ3n) is 5.67. The zero-order valence-electron chi connectivity index (χ0n) is 15.5. The largest absolute Gasteiger partial charge is 0.197 e. The van der Waals surface area contributed by atoms with Gasteiger partial charge in [-0.1, -0.05) is 44.5 Å². The number of thiophene rings is 2. The summed E-state index contributed by atoms with van der Waals surface area (Å²) in [6.45, 7) is 6.95. The van der Waals surface area contributed by atoms with Gasteiger partial charge in [0.1, 0.15) is 0 Å². The molecule has 134 valence electrons. The summed E-state index contributed by atoms with van der Waals surface area (Å²) in [6, 6.07) is 13.8. The Kier molecular flexibility index (Phi) is 4.66. The molecule has 1 unspecified atom stereocenters. The Balaban J connectivity index is 0.00000168. The zero-order valence-corrected chi connectivity index (χ0v) is 18.1. The Morgan fingerprint density at radius 1 is 0.808 bits per heavy atom. The molecule has 5 aromatic rings. The van der Waals surface area contributed by atoms with E-state index in [9.17, 15) is 0 Å². The molecule has 0 amide bonds. The molecular formula is C23H24S3. The molecule has 2 heterocycles. The summed E-state index contributed by atoms with van der Waals surface area (Å²) in [7, 11) is 0. The minimum Gasteiger partial charge on any atom is -0.197 e. The summed E-state index contributed by atoms with van der Waals surface area (Å²) in [5, 5.41) is 8.98. The van der Waals surface area contributed by atoms with Crippen LogP contribution in [-0.4, -0.2) is 0 Å². The fourth-order valence-electron chi connectivity index (χ4n) is 4.60. The Hall–Kier alpha value is -1.29. The molecule has 5 rings (SSSR count). The molecule has 0 radical (unpaired) electrons. The Morgan fingerprint density at radius 2 is 1.42 bits per heavy atom. The highest BCUT2D eigenvalue weighted by molar-refractivity contribution is 7.59. The smallest absolute Gasteiger partial charge is 0.0358 e. The first-order chi connectivity index (χ1) is 12.2. The third-order valence-corrected chi connectivity index (χ3v) is 8.06. The van der Waals surface area contributed by atoms with Crippen molar-refractivity contribution in [3.63, 3.8) is 0 Å². The van der Waals surface area contributed by atoms with Crippen molar-refractivity contribution in [3.8, 4) is 0 Å². The van der Waals surface area contributed by atoms with E-state index in [-0.39, 0.29) is 13.5 Å². The van der Waals surface area contributed by atoms with Gasteiger partial charge in [0.25, 0.3) is 0 Å². The van der Waals surface area contributed by atoms with E-state index in [1.807, 2.05) is 22.7 Å². The van der Waals surface area contributed by atoms with E-state index in [1.165, 1.54) is 60.5 Å². The average molecular weight is 397 g/mol. The summed E-state index contributed by atoms with van der Waals surface area (Å²) >= 11 is 3.99. The van der Waals surface area contributed by atoms with Gasteiger partial charge >= 0.3 is 0 Å². The average Bonchev–Trinajstić information content (AvgIpc) is 3.17. The number of benzene rings is 3. The van der Waals surface area contributed by atoms with E-state index in [2.05, 4.69) is 57.2 Å². The molecule has 2 aromatic heterocycles. The maximum Gasteiger partial charge on any atom is 0.0358 e. The van der Waals surface area contributed by atoms with Crippen LogP contribution in [-0.2, 0) is 0 Å². The van der Waals surface area contributed by atoms with Gasteiger partial charge in [-0.15, -0.1) is 22.7 Å². The van der Waals surface area contributed by atoms with E-state index in [0.717, 1.165) is 0 Å². The van der Waals surface area contributed by atoms with E-state index in [0.29, 0.717) is 5.92 Å². The van der Waals surface area contributed by atoms with Crippen molar-refractivity contribution in [1.29, 1.82) is 0 Å². The van der Waals surface area contributed by atoms with Gasteiger partial charge in [-0.05, 0) is 48.6 Å². The number of hydrogen-bond acceptors (Lipinski definition) is 2. The highest BCUT2D eigenvalue weighted by Crippen LogP contribution is 2.50. The number of rotatable bonds is 4.